The second kappa shape index (κ2) is 6.51. The van der Waals surface area contributed by atoms with E-state index >= 15 is 0 Å². The van der Waals surface area contributed by atoms with Crippen LogP contribution in [0, 0.1) is 16.0 Å². The van der Waals surface area contributed by atoms with Gasteiger partial charge in [-0.05, 0) is 43.7 Å². The van der Waals surface area contributed by atoms with Crippen LogP contribution in [-0.2, 0) is 6.18 Å². The third-order valence-corrected chi connectivity index (χ3v) is 3.97. The zero-order valence-corrected chi connectivity index (χ0v) is 11.8. The van der Waals surface area contributed by atoms with Crippen LogP contribution in [0.4, 0.5) is 24.5 Å². The van der Waals surface area contributed by atoms with Gasteiger partial charge in [-0.3, -0.25) is 10.1 Å². The lowest BCUT2D eigenvalue weighted by atomic mass is 9.86. The number of benzene rings is 1. The summed E-state index contributed by atoms with van der Waals surface area (Å²) in [5.41, 5.74) is -1.96. The molecular weight excluding hydrogens is 301 g/mol. The van der Waals surface area contributed by atoms with E-state index in [4.69, 9.17) is 5.11 Å². The van der Waals surface area contributed by atoms with Gasteiger partial charge >= 0.3 is 6.18 Å². The van der Waals surface area contributed by atoms with E-state index in [1.807, 2.05) is 0 Å². The molecule has 2 rings (SSSR count). The molecule has 0 aliphatic heterocycles. The van der Waals surface area contributed by atoms with Crippen molar-refractivity contribution in [3.63, 3.8) is 0 Å². The summed E-state index contributed by atoms with van der Waals surface area (Å²) in [5.74, 6) is 0.251. The number of alkyl halides is 3. The maximum atomic E-state index is 12.9. The van der Waals surface area contributed by atoms with Crippen LogP contribution < -0.4 is 5.32 Å². The summed E-state index contributed by atoms with van der Waals surface area (Å²) in [6.45, 7) is 0.127. The van der Waals surface area contributed by atoms with Crippen LogP contribution in [0.3, 0.4) is 0 Å². The summed E-state index contributed by atoms with van der Waals surface area (Å²) in [4.78, 5) is 9.67. The Hall–Kier alpha value is -1.83. The van der Waals surface area contributed by atoms with Crippen LogP contribution >= 0.6 is 0 Å². The minimum Gasteiger partial charge on any atom is -0.396 e. The number of nitro groups is 1. The van der Waals surface area contributed by atoms with E-state index in [9.17, 15) is 23.3 Å². The molecule has 0 amide bonds. The van der Waals surface area contributed by atoms with E-state index in [0.717, 1.165) is 37.8 Å². The second-order valence-corrected chi connectivity index (χ2v) is 5.53. The first-order valence-electron chi connectivity index (χ1n) is 7.04. The molecule has 0 saturated heterocycles. The standard InChI is InChI=1S/C14H17F3N2O3/c15-14(16,17)12-7-11(5-6-13(12)19(21)22)18-10-3-1-9(8-20)2-4-10/h5-7,9-10,18,20H,1-4,8H2/t9-,10-. The molecule has 0 radical (unpaired) electrons. The van der Waals surface area contributed by atoms with Gasteiger partial charge in [0.2, 0.25) is 0 Å². The highest BCUT2D eigenvalue weighted by molar-refractivity contribution is 5.55. The Morgan fingerprint density at radius 2 is 1.91 bits per heavy atom. The van der Waals surface area contributed by atoms with E-state index in [2.05, 4.69) is 5.32 Å². The molecule has 0 atom stereocenters. The molecule has 1 saturated carbocycles. The summed E-state index contributed by atoms with van der Waals surface area (Å²) in [7, 11) is 0. The molecule has 2 N–H and O–H groups in total. The zero-order valence-electron chi connectivity index (χ0n) is 11.8. The van der Waals surface area contributed by atoms with Gasteiger partial charge in [0.1, 0.15) is 5.56 Å². The molecule has 1 aromatic rings. The summed E-state index contributed by atoms with van der Waals surface area (Å²) in [5, 5.41) is 22.8. The predicted molar refractivity (Wildman–Crippen MR) is 74.6 cm³/mol. The van der Waals surface area contributed by atoms with Gasteiger partial charge in [-0.25, -0.2) is 0 Å². The van der Waals surface area contributed by atoms with Crippen molar-refractivity contribution in [1.82, 2.24) is 0 Å². The average molecular weight is 318 g/mol. The minimum absolute atomic E-state index is 0.0188. The SMILES string of the molecule is O=[N+]([O-])c1ccc(N[C@H]2CC[C@H](CO)CC2)cc1C(F)(F)F. The number of aliphatic hydroxyl groups is 1. The molecule has 0 heterocycles. The van der Waals surface area contributed by atoms with Crippen LogP contribution in [0.1, 0.15) is 31.2 Å². The van der Waals surface area contributed by atoms with Gasteiger partial charge in [-0.15, -0.1) is 0 Å². The molecule has 1 fully saturated rings. The number of nitrogens with one attached hydrogen (secondary N) is 1. The van der Waals surface area contributed by atoms with Crippen LogP contribution in [-0.4, -0.2) is 22.7 Å². The zero-order chi connectivity index (χ0) is 16.3. The molecule has 22 heavy (non-hydrogen) atoms. The van der Waals surface area contributed by atoms with Crippen LogP contribution in [0.5, 0.6) is 0 Å². The molecule has 0 bridgehead atoms. The fraction of sp³-hybridized carbons (Fsp3) is 0.571. The number of nitro benzene ring substituents is 1. The molecule has 0 spiro atoms. The summed E-state index contributed by atoms with van der Waals surface area (Å²) in [6, 6.07) is 2.98. The van der Waals surface area contributed by atoms with Crippen molar-refractivity contribution in [2.75, 3.05) is 11.9 Å². The fourth-order valence-electron chi connectivity index (χ4n) is 2.74. The van der Waals surface area contributed by atoms with Crippen molar-refractivity contribution in [2.45, 2.75) is 37.9 Å². The average Bonchev–Trinajstić information content (AvgIpc) is 2.47. The van der Waals surface area contributed by atoms with Gasteiger partial charge in [0.05, 0.1) is 4.92 Å². The molecule has 0 aromatic heterocycles. The lowest BCUT2D eigenvalue weighted by molar-refractivity contribution is -0.388. The quantitative estimate of drug-likeness (QED) is 0.657. The summed E-state index contributed by atoms with van der Waals surface area (Å²) < 4.78 is 38.7. The minimum atomic E-state index is -4.77. The molecule has 0 unspecified atom stereocenters. The Morgan fingerprint density at radius 3 is 2.41 bits per heavy atom. The van der Waals surface area contributed by atoms with Gasteiger partial charge in [0, 0.05) is 24.4 Å². The molecule has 1 aromatic carbocycles. The Bertz CT molecular complexity index is 541. The maximum absolute atomic E-state index is 12.9. The number of hydrogen-bond acceptors (Lipinski definition) is 4. The third kappa shape index (κ3) is 3.88. The number of rotatable bonds is 4. The molecule has 1 aliphatic rings. The maximum Gasteiger partial charge on any atom is 0.423 e. The Morgan fingerprint density at radius 1 is 1.27 bits per heavy atom. The normalized spacial score (nSPS) is 22.4. The van der Waals surface area contributed by atoms with Gasteiger partial charge < -0.3 is 10.4 Å². The van der Waals surface area contributed by atoms with E-state index in [-0.39, 0.29) is 24.3 Å². The van der Waals surface area contributed by atoms with E-state index in [1.165, 1.54) is 6.07 Å². The van der Waals surface area contributed by atoms with Crippen LogP contribution in [0.15, 0.2) is 18.2 Å². The number of hydrogen-bond donors (Lipinski definition) is 2. The highest BCUT2D eigenvalue weighted by Gasteiger charge is 2.38. The topological polar surface area (TPSA) is 75.4 Å². The first-order chi connectivity index (χ1) is 10.3. The van der Waals surface area contributed by atoms with E-state index in [1.54, 1.807) is 0 Å². The highest BCUT2D eigenvalue weighted by atomic mass is 19.4. The Labute approximate surface area is 125 Å². The monoisotopic (exact) mass is 318 g/mol. The van der Waals surface area contributed by atoms with Crippen molar-refractivity contribution < 1.29 is 23.2 Å². The van der Waals surface area contributed by atoms with Crippen molar-refractivity contribution in [3.05, 3.63) is 33.9 Å². The molecule has 8 heteroatoms. The molecule has 122 valence electrons. The lowest BCUT2D eigenvalue weighted by Gasteiger charge is -2.28. The molecule has 1 aliphatic carbocycles. The largest absolute Gasteiger partial charge is 0.423 e. The van der Waals surface area contributed by atoms with Gasteiger partial charge in [0.15, 0.2) is 0 Å². The van der Waals surface area contributed by atoms with E-state index < -0.39 is 22.4 Å². The number of nitrogens with zero attached hydrogens (tertiary/aromatic N) is 1. The predicted octanol–water partition coefficient (Wildman–Crippen LogP) is 3.58. The highest BCUT2D eigenvalue weighted by Crippen LogP contribution is 2.38. The molecular formula is C14H17F3N2O3. The molecule has 5 nitrogen and oxygen atoms in total. The third-order valence-electron chi connectivity index (χ3n) is 3.97. The van der Waals surface area contributed by atoms with Crippen molar-refractivity contribution in [2.24, 2.45) is 5.92 Å². The number of halogens is 3. The van der Waals surface area contributed by atoms with Gasteiger partial charge in [-0.1, -0.05) is 0 Å². The fourth-order valence-corrected chi connectivity index (χ4v) is 2.74. The summed E-state index contributed by atoms with van der Waals surface area (Å²) >= 11 is 0. The number of aliphatic hydroxyl groups excluding tert-OH is 1. The van der Waals surface area contributed by atoms with Crippen LogP contribution in [0.2, 0.25) is 0 Å². The van der Waals surface area contributed by atoms with Gasteiger partial charge in [-0.2, -0.15) is 13.2 Å². The Kier molecular flexibility index (Phi) is 4.90. The van der Waals surface area contributed by atoms with Crippen LogP contribution in [0.25, 0.3) is 0 Å². The number of anilines is 1. The van der Waals surface area contributed by atoms with Crippen molar-refractivity contribution in [3.8, 4) is 0 Å². The van der Waals surface area contributed by atoms with Crippen molar-refractivity contribution >= 4 is 11.4 Å². The smallest absolute Gasteiger partial charge is 0.396 e. The van der Waals surface area contributed by atoms with E-state index in [0.29, 0.717) is 0 Å². The second-order valence-electron chi connectivity index (χ2n) is 5.53. The first-order valence-corrected chi connectivity index (χ1v) is 7.04. The van der Waals surface area contributed by atoms with Crippen molar-refractivity contribution in [1.29, 1.82) is 0 Å². The summed E-state index contributed by atoms with van der Waals surface area (Å²) in [6.07, 6.45) is -1.64. The lowest BCUT2D eigenvalue weighted by Crippen LogP contribution is -2.27. The first kappa shape index (κ1) is 16.5. The van der Waals surface area contributed by atoms with Gasteiger partial charge in [0.25, 0.3) is 5.69 Å². The Balaban J connectivity index is 2.14.